The van der Waals surface area contributed by atoms with Crippen molar-refractivity contribution >= 4 is 31.8 Å². The number of rotatable bonds is 6. The lowest BCUT2D eigenvalue weighted by Gasteiger charge is -2.30. The van der Waals surface area contributed by atoms with E-state index in [9.17, 15) is 21.6 Å². The smallest absolute Gasteiger partial charge is 0.322 e. The molecule has 0 atom stereocenters. The number of anilines is 1. The normalized spacial score (nSPS) is 15.7. The molecule has 1 fully saturated rings. The summed E-state index contributed by atoms with van der Waals surface area (Å²) in [7, 11) is -7.43. The van der Waals surface area contributed by atoms with Crippen LogP contribution in [0.4, 0.5) is 6.01 Å². The Balaban J connectivity index is 1.40. The van der Waals surface area contributed by atoms with Crippen LogP contribution in [0.1, 0.15) is 24.0 Å². The van der Waals surface area contributed by atoms with E-state index in [1.54, 1.807) is 0 Å². The molecule has 186 valence electrons. The number of aryl methyl sites for hydroxylation is 2. The molecule has 2 heterocycles. The molecule has 12 heteroatoms. The number of hydrogen-bond acceptors (Lipinski definition) is 8. The monoisotopic (exact) mass is 518 g/mol. The number of sulfonamides is 1. The third-order valence-electron chi connectivity index (χ3n) is 5.97. The van der Waals surface area contributed by atoms with Gasteiger partial charge >= 0.3 is 6.01 Å². The number of piperidine rings is 1. The number of nitrogens with zero attached hydrogens (tertiary/aromatic N) is 3. The number of hydrogen-bond donors (Lipinski definition) is 1. The maximum atomic E-state index is 13.0. The SMILES string of the molecule is Cc1ccc(C)c(-c2nnc(NC(=O)C3CCN(S(=O)(=O)c4cccc(S(C)(=O)=O)c4)CC3)o2)c1. The largest absolute Gasteiger partial charge is 0.403 e. The van der Waals surface area contributed by atoms with E-state index >= 15 is 0 Å². The fourth-order valence-corrected chi connectivity index (χ4v) is 6.19. The van der Waals surface area contributed by atoms with E-state index in [0.717, 1.165) is 29.0 Å². The molecular weight excluding hydrogens is 492 g/mol. The molecule has 0 radical (unpaired) electrons. The summed E-state index contributed by atoms with van der Waals surface area (Å²) in [6.07, 6.45) is 1.63. The molecule has 2 aromatic carbocycles. The highest BCUT2D eigenvalue weighted by Crippen LogP contribution is 2.28. The van der Waals surface area contributed by atoms with Crippen LogP contribution in [0.25, 0.3) is 11.5 Å². The van der Waals surface area contributed by atoms with E-state index < -0.39 is 25.8 Å². The Hall–Kier alpha value is -3.09. The van der Waals surface area contributed by atoms with E-state index in [2.05, 4.69) is 15.5 Å². The summed E-state index contributed by atoms with van der Waals surface area (Å²) in [4.78, 5) is 12.6. The molecule has 0 spiro atoms. The van der Waals surface area contributed by atoms with Gasteiger partial charge in [0.1, 0.15) is 0 Å². The first-order chi connectivity index (χ1) is 16.4. The standard InChI is InChI=1S/C23H26N4O6S2/c1-15-7-8-16(2)20(13-15)22-25-26-23(33-22)24-21(28)17-9-11-27(12-10-17)35(31,32)19-6-4-5-18(14-19)34(3,29)30/h4-8,13-14,17H,9-12H2,1-3H3,(H,24,26,28). The molecule has 0 unspecified atom stereocenters. The first kappa shape index (κ1) is 25.0. The quantitative estimate of drug-likeness (QED) is 0.525. The Morgan fingerprint density at radius 3 is 2.37 bits per heavy atom. The number of sulfone groups is 1. The Kier molecular flexibility index (Phi) is 6.80. The third kappa shape index (κ3) is 5.44. The summed E-state index contributed by atoms with van der Waals surface area (Å²) in [5.74, 6) is -0.448. The van der Waals surface area contributed by atoms with Crippen molar-refractivity contribution < 1.29 is 26.0 Å². The molecule has 0 aliphatic carbocycles. The summed E-state index contributed by atoms with van der Waals surface area (Å²) in [6.45, 7) is 4.13. The van der Waals surface area contributed by atoms with E-state index in [0.29, 0.717) is 18.7 Å². The zero-order chi connectivity index (χ0) is 25.4. The van der Waals surface area contributed by atoms with Gasteiger partial charge in [0.25, 0.3) is 0 Å². The summed E-state index contributed by atoms with van der Waals surface area (Å²) >= 11 is 0. The second-order valence-electron chi connectivity index (χ2n) is 8.65. The van der Waals surface area contributed by atoms with E-state index in [1.807, 2.05) is 32.0 Å². The fraction of sp³-hybridized carbons (Fsp3) is 0.348. The minimum absolute atomic E-state index is 0.0152. The van der Waals surface area contributed by atoms with Crippen molar-refractivity contribution in [2.75, 3.05) is 24.7 Å². The number of nitrogens with one attached hydrogen (secondary N) is 1. The second-order valence-corrected chi connectivity index (χ2v) is 12.6. The van der Waals surface area contributed by atoms with Crippen molar-refractivity contribution in [3.05, 3.63) is 53.6 Å². The van der Waals surface area contributed by atoms with Crippen LogP contribution in [0, 0.1) is 19.8 Å². The highest BCUT2D eigenvalue weighted by Gasteiger charge is 2.33. The van der Waals surface area contributed by atoms with Crippen LogP contribution >= 0.6 is 0 Å². The Morgan fingerprint density at radius 2 is 1.69 bits per heavy atom. The first-order valence-electron chi connectivity index (χ1n) is 11.0. The summed E-state index contributed by atoms with van der Waals surface area (Å²) in [6, 6.07) is 11.1. The van der Waals surface area contributed by atoms with Gasteiger partial charge in [-0.15, -0.1) is 5.10 Å². The van der Waals surface area contributed by atoms with E-state index in [1.165, 1.54) is 22.5 Å². The molecule has 0 bridgehead atoms. The van der Waals surface area contributed by atoms with Gasteiger partial charge in [-0.2, -0.15) is 4.31 Å². The average molecular weight is 519 g/mol. The molecule has 35 heavy (non-hydrogen) atoms. The molecule has 1 saturated heterocycles. The van der Waals surface area contributed by atoms with Gasteiger partial charge in [-0.3, -0.25) is 10.1 Å². The predicted octanol–water partition coefficient (Wildman–Crippen LogP) is 2.80. The zero-order valence-electron chi connectivity index (χ0n) is 19.6. The number of amides is 1. The van der Waals surface area contributed by atoms with Crippen LogP contribution in [0.15, 0.2) is 56.7 Å². The van der Waals surface area contributed by atoms with Gasteiger partial charge < -0.3 is 4.42 Å². The number of aromatic nitrogens is 2. The lowest BCUT2D eigenvalue weighted by molar-refractivity contribution is -0.121. The summed E-state index contributed by atoms with van der Waals surface area (Å²) in [5.41, 5.74) is 2.79. The average Bonchev–Trinajstić information content (AvgIpc) is 3.28. The van der Waals surface area contributed by atoms with Gasteiger partial charge in [0.15, 0.2) is 9.84 Å². The van der Waals surface area contributed by atoms with Gasteiger partial charge in [0.2, 0.25) is 21.8 Å². The molecule has 4 rings (SSSR count). The predicted molar refractivity (Wildman–Crippen MR) is 129 cm³/mol. The lowest BCUT2D eigenvalue weighted by atomic mass is 9.97. The molecule has 1 amide bonds. The molecule has 0 saturated carbocycles. The Bertz CT molecular complexity index is 1470. The molecular formula is C23H26N4O6S2. The first-order valence-corrected chi connectivity index (χ1v) is 14.3. The second kappa shape index (κ2) is 9.51. The fourth-order valence-electron chi connectivity index (χ4n) is 3.93. The Labute approximate surface area is 204 Å². The highest BCUT2D eigenvalue weighted by molar-refractivity contribution is 7.91. The van der Waals surface area contributed by atoms with Crippen molar-refractivity contribution in [2.45, 2.75) is 36.5 Å². The molecule has 3 aromatic rings. The number of carbonyl (C=O) groups is 1. The highest BCUT2D eigenvalue weighted by atomic mass is 32.2. The minimum Gasteiger partial charge on any atom is -0.403 e. The molecule has 1 N–H and O–H groups in total. The van der Waals surface area contributed by atoms with Gasteiger partial charge in [0.05, 0.1) is 9.79 Å². The number of benzene rings is 2. The van der Waals surface area contributed by atoms with E-state index in [-0.39, 0.29) is 34.8 Å². The maximum absolute atomic E-state index is 13.0. The van der Waals surface area contributed by atoms with E-state index in [4.69, 9.17) is 4.42 Å². The van der Waals surface area contributed by atoms with Crippen molar-refractivity contribution in [3.8, 4) is 11.5 Å². The van der Waals surface area contributed by atoms with Crippen LogP contribution in [-0.4, -0.2) is 56.6 Å². The topological polar surface area (TPSA) is 140 Å². The van der Waals surface area contributed by atoms with Crippen molar-refractivity contribution in [3.63, 3.8) is 0 Å². The van der Waals surface area contributed by atoms with Crippen LogP contribution in [0.3, 0.4) is 0 Å². The van der Waals surface area contributed by atoms with Gasteiger partial charge in [-0.1, -0.05) is 28.9 Å². The van der Waals surface area contributed by atoms with Gasteiger partial charge in [0, 0.05) is 30.8 Å². The molecule has 1 aliphatic rings. The van der Waals surface area contributed by atoms with Crippen molar-refractivity contribution in [1.29, 1.82) is 0 Å². The zero-order valence-corrected chi connectivity index (χ0v) is 21.2. The molecule has 1 aromatic heterocycles. The van der Waals surface area contributed by atoms with Crippen LogP contribution < -0.4 is 5.32 Å². The third-order valence-corrected chi connectivity index (χ3v) is 8.98. The maximum Gasteiger partial charge on any atom is 0.322 e. The van der Waals surface area contributed by atoms with Crippen molar-refractivity contribution in [1.82, 2.24) is 14.5 Å². The minimum atomic E-state index is -3.89. The number of carbonyl (C=O) groups excluding carboxylic acids is 1. The summed E-state index contributed by atoms with van der Waals surface area (Å²) in [5, 5.41) is 10.6. The molecule has 10 nitrogen and oxygen atoms in total. The van der Waals surface area contributed by atoms with Crippen LogP contribution in [0.2, 0.25) is 0 Å². The summed E-state index contributed by atoms with van der Waals surface area (Å²) < 4.78 is 56.5. The van der Waals surface area contributed by atoms with Crippen molar-refractivity contribution in [2.24, 2.45) is 5.92 Å². The van der Waals surface area contributed by atoms with Gasteiger partial charge in [-0.25, -0.2) is 16.8 Å². The van der Waals surface area contributed by atoms with Gasteiger partial charge in [-0.05, 0) is 56.5 Å². The van der Waals surface area contributed by atoms with Crippen LogP contribution in [0.5, 0.6) is 0 Å². The lowest BCUT2D eigenvalue weighted by Crippen LogP contribution is -2.41. The Morgan fingerprint density at radius 1 is 1.00 bits per heavy atom. The van der Waals surface area contributed by atoms with Crippen LogP contribution in [-0.2, 0) is 24.7 Å². The molecule has 1 aliphatic heterocycles.